The van der Waals surface area contributed by atoms with Crippen LogP contribution in [0.2, 0.25) is 10.0 Å². The third-order valence-electron chi connectivity index (χ3n) is 3.36. The molecule has 2 aromatic rings. The number of benzene rings is 2. The van der Waals surface area contributed by atoms with E-state index in [4.69, 9.17) is 23.2 Å². The molecule has 0 heterocycles. The molecule has 120 valence electrons. The minimum absolute atomic E-state index is 0.291. The first-order valence-electron chi connectivity index (χ1n) is 7.08. The molecule has 2 amide bonds. The zero-order chi connectivity index (χ0) is 17.0. The monoisotopic (exact) mass is 350 g/mol. The van der Waals surface area contributed by atoms with Crippen LogP contribution in [0.15, 0.2) is 36.4 Å². The van der Waals surface area contributed by atoms with Crippen molar-refractivity contribution >= 4 is 46.4 Å². The molecule has 2 N–H and O–H groups in total. The smallest absolute Gasteiger partial charge is 0.314 e. The average molecular weight is 351 g/mol. The maximum Gasteiger partial charge on any atom is 0.314 e. The second kappa shape index (κ2) is 7.49. The standard InChI is InChI=1S/C17H16Cl2N2O2/c1-3-11-6-4-5-10(2)15(11)21-17(23)16(22)20-14-9-12(18)7-8-13(14)19/h4-9H,3H2,1-2H3,(H,20,22)(H,21,23). The molecule has 0 bridgehead atoms. The van der Waals surface area contributed by atoms with Crippen LogP contribution in [0, 0.1) is 6.92 Å². The molecule has 0 aliphatic carbocycles. The lowest BCUT2D eigenvalue weighted by molar-refractivity contribution is -0.133. The van der Waals surface area contributed by atoms with Gasteiger partial charge in [0, 0.05) is 10.7 Å². The Labute approximate surface area is 144 Å². The van der Waals surface area contributed by atoms with Crippen molar-refractivity contribution in [1.29, 1.82) is 0 Å². The van der Waals surface area contributed by atoms with E-state index in [1.807, 2.05) is 32.0 Å². The van der Waals surface area contributed by atoms with E-state index in [9.17, 15) is 9.59 Å². The van der Waals surface area contributed by atoms with Crippen LogP contribution >= 0.6 is 23.2 Å². The van der Waals surface area contributed by atoms with E-state index >= 15 is 0 Å². The number of nitrogens with one attached hydrogen (secondary N) is 2. The summed E-state index contributed by atoms with van der Waals surface area (Å²) in [4.78, 5) is 24.2. The van der Waals surface area contributed by atoms with Gasteiger partial charge < -0.3 is 10.6 Å². The van der Waals surface area contributed by atoms with Gasteiger partial charge in [-0.1, -0.05) is 48.3 Å². The number of halogens is 2. The molecule has 0 unspecified atom stereocenters. The highest BCUT2D eigenvalue weighted by molar-refractivity contribution is 6.45. The van der Waals surface area contributed by atoms with E-state index in [0.717, 1.165) is 17.5 Å². The van der Waals surface area contributed by atoms with Crippen LogP contribution in [0.5, 0.6) is 0 Å². The van der Waals surface area contributed by atoms with Gasteiger partial charge in [0.25, 0.3) is 0 Å². The van der Waals surface area contributed by atoms with Gasteiger partial charge in [0.15, 0.2) is 0 Å². The minimum Gasteiger partial charge on any atom is -0.317 e. The Morgan fingerprint density at radius 2 is 1.74 bits per heavy atom. The van der Waals surface area contributed by atoms with E-state index in [-0.39, 0.29) is 0 Å². The maximum atomic E-state index is 12.1. The summed E-state index contributed by atoms with van der Waals surface area (Å²) in [6, 6.07) is 10.3. The Morgan fingerprint density at radius 1 is 1.04 bits per heavy atom. The van der Waals surface area contributed by atoms with Gasteiger partial charge >= 0.3 is 11.8 Å². The van der Waals surface area contributed by atoms with Crippen molar-refractivity contribution in [3.05, 3.63) is 57.6 Å². The van der Waals surface area contributed by atoms with Gasteiger partial charge in [0.05, 0.1) is 10.7 Å². The Morgan fingerprint density at radius 3 is 2.43 bits per heavy atom. The van der Waals surface area contributed by atoms with Crippen LogP contribution in [0.25, 0.3) is 0 Å². The molecule has 0 aliphatic rings. The van der Waals surface area contributed by atoms with Crippen molar-refractivity contribution in [3.8, 4) is 0 Å². The molecule has 0 aromatic heterocycles. The van der Waals surface area contributed by atoms with Crippen LogP contribution in [-0.2, 0) is 16.0 Å². The Balaban J connectivity index is 2.15. The Kier molecular flexibility index (Phi) is 5.64. The van der Waals surface area contributed by atoms with E-state index in [1.54, 1.807) is 12.1 Å². The minimum atomic E-state index is -0.806. The van der Waals surface area contributed by atoms with Crippen LogP contribution in [0.1, 0.15) is 18.1 Å². The van der Waals surface area contributed by atoms with Crippen molar-refractivity contribution < 1.29 is 9.59 Å². The Bertz CT molecular complexity index is 760. The third-order valence-corrected chi connectivity index (χ3v) is 3.93. The van der Waals surface area contributed by atoms with E-state index in [0.29, 0.717) is 21.4 Å². The van der Waals surface area contributed by atoms with Crippen LogP contribution < -0.4 is 10.6 Å². The predicted molar refractivity (Wildman–Crippen MR) is 94.3 cm³/mol. The highest BCUT2D eigenvalue weighted by atomic mass is 35.5. The van der Waals surface area contributed by atoms with Crippen molar-refractivity contribution in [2.45, 2.75) is 20.3 Å². The number of rotatable bonds is 3. The second-order valence-corrected chi connectivity index (χ2v) is 5.84. The van der Waals surface area contributed by atoms with Gasteiger partial charge in [-0.25, -0.2) is 0 Å². The topological polar surface area (TPSA) is 58.2 Å². The van der Waals surface area contributed by atoms with E-state index in [1.165, 1.54) is 6.07 Å². The highest BCUT2D eigenvalue weighted by Crippen LogP contribution is 2.25. The fraction of sp³-hybridized carbons (Fsp3) is 0.176. The summed E-state index contributed by atoms with van der Waals surface area (Å²) in [6.07, 6.45) is 0.749. The predicted octanol–water partition coefficient (Wildman–Crippen LogP) is 4.44. The molecule has 2 rings (SSSR count). The fourth-order valence-electron chi connectivity index (χ4n) is 2.14. The number of carbonyl (C=O) groups excluding carboxylic acids is 2. The normalized spacial score (nSPS) is 10.3. The van der Waals surface area contributed by atoms with Gasteiger partial charge in [0.2, 0.25) is 0 Å². The van der Waals surface area contributed by atoms with Crippen LogP contribution in [-0.4, -0.2) is 11.8 Å². The number of amides is 2. The summed E-state index contributed by atoms with van der Waals surface area (Å²) in [5, 5.41) is 5.84. The highest BCUT2D eigenvalue weighted by Gasteiger charge is 2.17. The van der Waals surface area contributed by atoms with E-state index < -0.39 is 11.8 Å². The maximum absolute atomic E-state index is 12.1. The SMILES string of the molecule is CCc1cccc(C)c1NC(=O)C(=O)Nc1cc(Cl)ccc1Cl. The molecule has 23 heavy (non-hydrogen) atoms. The number of anilines is 2. The molecule has 0 spiro atoms. The average Bonchev–Trinajstić information content (AvgIpc) is 2.52. The number of carbonyl (C=O) groups is 2. The van der Waals surface area contributed by atoms with Gasteiger partial charge in [-0.2, -0.15) is 0 Å². The lowest BCUT2D eigenvalue weighted by Crippen LogP contribution is -2.29. The third kappa shape index (κ3) is 4.24. The lowest BCUT2D eigenvalue weighted by atomic mass is 10.1. The van der Waals surface area contributed by atoms with Crippen molar-refractivity contribution in [2.75, 3.05) is 10.6 Å². The number of aryl methyl sites for hydroxylation is 2. The molecular formula is C17H16Cl2N2O2. The Hall–Kier alpha value is -2.04. The molecular weight excluding hydrogens is 335 g/mol. The quantitative estimate of drug-likeness (QED) is 0.803. The molecule has 0 saturated heterocycles. The first kappa shape index (κ1) is 17.3. The van der Waals surface area contributed by atoms with E-state index in [2.05, 4.69) is 10.6 Å². The summed E-state index contributed by atoms with van der Waals surface area (Å²) in [7, 11) is 0. The second-order valence-electron chi connectivity index (χ2n) is 5.00. The van der Waals surface area contributed by atoms with Crippen LogP contribution in [0.3, 0.4) is 0 Å². The summed E-state index contributed by atoms with van der Waals surface area (Å²) >= 11 is 11.8. The number of hydrogen-bond donors (Lipinski definition) is 2. The van der Waals surface area contributed by atoms with Gasteiger partial charge in [-0.3, -0.25) is 9.59 Å². The first-order valence-corrected chi connectivity index (χ1v) is 7.83. The zero-order valence-electron chi connectivity index (χ0n) is 12.7. The lowest BCUT2D eigenvalue weighted by Gasteiger charge is -2.13. The van der Waals surface area contributed by atoms with Crippen molar-refractivity contribution in [3.63, 3.8) is 0 Å². The molecule has 4 nitrogen and oxygen atoms in total. The largest absolute Gasteiger partial charge is 0.317 e. The molecule has 6 heteroatoms. The molecule has 0 atom stereocenters. The first-order chi connectivity index (χ1) is 10.9. The number of hydrogen-bond acceptors (Lipinski definition) is 2. The van der Waals surface area contributed by atoms with Crippen LogP contribution in [0.4, 0.5) is 11.4 Å². The zero-order valence-corrected chi connectivity index (χ0v) is 14.3. The number of para-hydroxylation sites is 1. The van der Waals surface area contributed by atoms with Crippen molar-refractivity contribution in [2.24, 2.45) is 0 Å². The summed E-state index contributed by atoms with van der Waals surface area (Å²) in [5.41, 5.74) is 2.81. The van der Waals surface area contributed by atoms with Gasteiger partial charge in [-0.15, -0.1) is 0 Å². The molecule has 0 radical (unpaired) electrons. The molecule has 2 aromatic carbocycles. The molecule has 0 fully saturated rings. The van der Waals surface area contributed by atoms with Crippen molar-refractivity contribution in [1.82, 2.24) is 0 Å². The summed E-state index contributed by atoms with van der Waals surface area (Å²) in [6.45, 7) is 3.86. The fourth-order valence-corrected chi connectivity index (χ4v) is 2.48. The van der Waals surface area contributed by atoms with Gasteiger partial charge in [-0.05, 0) is 42.7 Å². The summed E-state index contributed by atoms with van der Waals surface area (Å²) < 4.78 is 0. The molecule has 0 saturated carbocycles. The molecule has 0 aliphatic heterocycles. The van der Waals surface area contributed by atoms with Gasteiger partial charge in [0.1, 0.15) is 0 Å². The summed E-state index contributed by atoms with van der Waals surface area (Å²) in [5.74, 6) is -1.57.